The van der Waals surface area contributed by atoms with Crippen LogP contribution in [-0.4, -0.2) is 44.3 Å². The largest absolute Gasteiger partial charge is 0.355 e. The van der Waals surface area contributed by atoms with Crippen molar-refractivity contribution < 1.29 is 18.0 Å². The second-order valence-corrected chi connectivity index (χ2v) is 11.2. The van der Waals surface area contributed by atoms with Crippen molar-refractivity contribution in [2.24, 2.45) is 0 Å². The predicted molar refractivity (Wildman–Crippen MR) is 145 cm³/mol. The van der Waals surface area contributed by atoms with E-state index in [1.165, 1.54) is 17.0 Å². The van der Waals surface area contributed by atoms with E-state index in [1.807, 2.05) is 31.2 Å². The van der Waals surface area contributed by atoms with Gasteiger partial charge in [0.1, 0.15) is 12.6 Å². The molecule has 0 aliphatic heterocycles. The summed E-state index contributed by atoms with van der Waals surface area (Å²) in [5.41, 5.74) is 2.25. The van der Waals surface area contributed by atoms with Gasteiger partial charge in [-0.1, -0.05) is 70.0 Å². The second kappa shape index (κ2) is 12.2. The van der Waals surface area contributed by atoms with Crippen molar-refractivity contribution >= 4 is 43.5 Å². The molecule has 0 aliphatic carbocycles. The van der Waals surface area contributed by atoms with Gasteiger partial charge in [0.15, 0.2) is 0 Å². The zero-order valence-electron chi connectivity index (χ0n) is 20.5. The number of aryl methyl sites for hydroxylation is 1. The first-order valence-corrected chi connectivity index (χ1v) is 13.8. The van der Waals surface area contributed by atoms with Crippen LogP contribution in [0.2, 0.25) is 0 Å². The Morgan fingerprint density at radius 2 is 1.64 bits per heavy atom. The minimum atomic E-state index is -4.07. The van der Waals surface area contributed by atoms with Crippen LogP contribution in [0.1, 0.15) is 25.0 Å². The fraction of sp³-hybridized carbons (Fsp3) is 0.259. The van der Waals surface area contributed by atoms with Gasteiger partial charge in [-0.2, -0.15) is 0 Å². The van der Waals surface area contributed by atoms with Gasteiger partial charge in [-0.15, -0.1) is 0 Å². The lowest BCUT2D eigenvalue weighted by atomic mass is 10.1. The highest BCUT2D eigenvalue weighted by Crippen LogP contribution is 2.27. The van der Waals surface area contributed by atoms with Crippen molar-refractivity contribution in [2.45, 2.75) is 38.3 Å². The third kappa shape index (κ3) is 6.73. The van der Waals surface area contributed by atoms with Gasteiger partial charge in [-0.25, -0.2) is 8.42 Å². The lowest BCUT2D eigenvalue weighted by molar-refractivity contribution is -0.139. The number of nitrogens with one attached hydrogen (secondary N) is 1. The molecule has 3 rings (SSSR count). The van der Waals surface area contributed by atoms with E-state index in [0.29, 0.717) is 16.7 Å². The van der Waals surface area contributed by atoms with Crippen molar-refractivity contribution in [1.82, 2.24) is 10.2 Å². The standard InChI is InChI=1S/C27H30BrN3O4S/c1-4-29-27(33)21(3)30(18-22-15-13-20(2)14-16-22)26(32)19-31(24-10-8-9-23(28)17-24)36(34,35)25-11-6-5-7-12-25/h5-17,21H,4,18-19H2,1-3H3,(H,29,33). The SMILES string of the molecule is CCNC(=O)C(C)N(Cc1ccc(C)cc1)C(=O)CN(c1cccc(Br)c1)S(=O)(=O)c1ccccc1. The maximum Gasteiger partial charge on any atom is 0.264 e. The Morgan fingerprint density at radius 3 is 2.25 bits per heavy atom. The van der Waals surface area contributed by atoms with Gasteiger partial charge in [0.2, 0.25) is 11.8 Å². The van der Waals surface area contributed by atoms with Crippen LogP contribution in [0.5, 0.6) is 0 Å². The molecule has 0 aliphatic rings. The summed E-state index contributed by atoms with van der Waals surface area (Å²) in [6.07, 6.45) is 0. The van der Waals surface area contributed by atoms with E-state index >= 15 is 0 Å². The smallest absolute Gasteiger partial charge is 0.264 e. The minimum Gasteiger partial charge on any atom is -0.355 e. The van der Waals surface area contributed by atoms with Crippen LogP contribution in [0.15, 0.2) is 88.2 Å². The molecule has 9 heteroatoms. The monoisotopic (exact) mass is 571 g/mol. The molecule has 0 fully saturated rings. The molecule has 1 atom stereocenters. The van der Waals surface area contributed by atoms with E-state index in [-0.39, 0.29) is 17.3 Å². The second-order valence-electron chi connectivity index (χ2n) is 8.38. The lowest BCUT2D eigenvalue weighted by Crippen LogP contribution is -2.51. The van der Waals surface area contributed by atoms with E-state index in [4.69, 9.17) is 0 Å². The average Bonchev–Trinajstić information content (AvgIpc) is 2.87. The third-order valence-corrected chi connectivity index (χ3v) is 7.98. The zero-order chi connectivity index (χ0) is 26.3. The lowest BCUT2D eigenvalue weighted by Gasteiger charge is -2.32. The molecule has 190 valence electrons. The summed E-state index contributed by atoms with van der Waals surface area (Å²) in [6, 6.07) is 21.6. The molecule has 0 radical (unpaired) electrons. The van der Waals surface area contributed by atoms with E-state index in [0.717, 1.165) is 15.4 Å². The molecule has 0 heterocycles. The highest BCUT2D eigenvalue weighted by molar-refractivity contribution is 9.10. The molecular weight excluding hydrogens is 542 g/mol. The summed E-state index contributed by atoms with van der Waals surface area (Å²) in [4.78, 5) is 27.9. The molecule has 0 aromatic heterocycles. The highest BCUT2D eigenvalue weighted by Gasteiger charge is 2.32. The third-order valence-electron chi connectivity index (χ3n) is 5.70. The van der Waals surface area contributed by atoms with Gasteiger partial charge in [0, 0.05) is 17.6 Å². The first kappa shape index (κ1) is 27.4. The van der Waals surface area contributed by atoms with Crippen LogP contribution in [-0.2, 0) is 26.2 Å². The van der Waals surface area contributed by atoms with Crippen molar-refractivity contribution in [3.8, 4) is 0 Å². The van der Waals surface area contributed by atoms with E-state index in [2.05, 4.69) is 21.2 Å². The van der Waals surface area contributed by atoms with Crippen molar-refractivity contribution in [1.29, 1.82) is 0 Å². The number of benzene rings is 3. The van der Waals surface area contributed by atoms with E-state index in [1.54, 1.807) is 56.3 Å². The van der Waals surface area contributed by atoms with E-state index in [9.17, 15) is 18.0 Å². The number of rotatable bonds is 10. The number of hydrogen-bond donors (Lipinski definition) is 1. The summed E-state index contributed by atoms with van der Waals surface area (Å²) >= 11 is 3.39. The number of anilines is 1. The van der Waals surface area contributed by atoms with Crippen LogP contribution < -0.4 is 9.62 Å². The van der Waals surface area contributed by atoms with Crippen LogP contribution in [0.25, 0.3) is 0 Å². The topological polar surface area (TPSA) is 86.8 Å². The number of carbonyl (C=O) groups is 2. The number of carbonyl (C=O) groups excluding carboxylic acids is 2. The van der Waals surface area contributed by atoms with Gasteiger partial charge in [-0.05, 0) is 56.7 Å². The van der Waals surface area contributed by atoms with Gasteiger partial charge >= 0.3 is 0 Å². The summed E-state index contributed by atoms with van der Waals surface area (Å²) in [5.74, 6) is -0.799. The molecule has 1 unspecified atom stereocenters. The maximum absolute atomic E-state index is 13.7. The predicted octanol–water partition coefficient (Wildman–Crippen LogP) is 4.51. The van der Waals surface area contributed by atoms with Crippen molar-refractivity contribution in [3.63, 3.8) is 0 Å². The zero-order valence-corrected chi connectivity index (χ0v) is 22.9. The van der Waals surface area contributed by atoms with Gasteiger partial charge in [-0.3, -0.25) is 13.9 Å². The molecule has 3 aromatic carbocycles. The molecular formula is C27H30BrN3O4S. The number of sulfonamides is 1. The molecule has 0 saturated carbocycles. The first-order chi connectivity index (χ1) is 17.1. The van der Waals surface area contributed by atoms with Crippen LogP contribution >= 0.6 is 15.9 Å². The van der Waals surface area contributed by atoms with Crippen LogP contribution in [0, 0.1) is 6.92 Å². The average molecular weight is 573 g/mol. The van der Waals surface area contributed by atoms with E-state index < -0.39 is 28.5 Å². The number of hydrogen-bond acceptors (Lipinski definition) is 4. The molecule has 36 heavy (non-hydrogen) atoms. The molecule has 3 aromatic rings. The normalized spacial score (nSPS) is 12.0. The van der Waals surface area contributed by atoms with Gasteiger partial charge < -0.3 is 10.2 Å². The Bertz CT molecular complexity index is 1300. The molecule has 1 N–H and O–H groups in total. The quantitative estimate of drug-likeness (QED) is 0.388. The fourth-order valence-electron chi connectivity index (χ4n) is 3.67. The molecule has 0 saturated heterocycles. The number of likely N-dealkylation sites (N-methyl/N-ethyl adjacent to an activating group) is 1. The Labute approximate surface area is 221 Å². The fourth-order valence-corrected chi connectivity index (χ4v) is 5.49. The van der Waals surface area contributed by atoms with Gasteiger partial charge in [0.25, 0.3) is 10.0 Å². The molecule has 0 spiro atoms. The molecule has 2 amide bonds. The Kier molecular flexibility index (Phi) is 9.28. The van der Waals surface area contributed by atoms with Crippen LogP contribution in [0.3, 0.4) is 0 Å². The summed E-state index contributed by atoms with van der Waals surface area (Å²) < 4.78 is 29.1. The number of amides is 2. The summed E-state index contributed by atoms with van der Waals surface area (Å²) in [7, 11) is -4.07. The minimum absolute atomic E-state index is 0.0691. The Hall–Kier alpha value is -3.17. The highest BCUT2D eigenvalue weighted by atomic mass is 79.9. The van der Waals surface area contributed by atoms with Crippen LogP contribution in [0.4, 0.5) is 5.69 Å². The molecule has 7 nitrogen and oxygen atoms in total. The van der Waals surface area contributed by atoms with Crippen molar-refractivity contribution in [2.75, 3.05) is 17.4 Å². The number of nitrogens with zero attached hydrogens (tertiary/aromatic N) is 2. The summed E-state index contributed by atoms with van der Waals surface area (Å²) in [5, 5.41) is 2.75. The summed E-state index contributed by atoms with van der Waals surface area (Å²) in [6.45, 7) is 5.53. The number of halogens is 1. The Morgan fingerprint density at radius 1 is 0.972 bits per heavy atom. The van der Waals surface area contributed by atoms with Gasteiger partial charge in [0.05, 0.1) is 10.6 Å². The first-order valence-electron chi connectivity index (χ1n) is 11.6. The maximum atomic E-state index is 13.7. The Balaban J connectivity index is 2.01. The van der Waals surface area contributed by atoms with Crippen molar-refractivity contribution in [3.05, 3.63) is 94.5 Å². The molecule has 0 bridgehead atoms.